The molecular formula is C18H23N3O6. The number of ether oxygens (including phenoxy) is 2. The number of esters is 1. The Kier molecular flexibility index (Phi) is 6.04. The van der Waals surface area contributed by atoms with Crippen LogP contribution < -0.4 is 5.32 Å². The average molecular weight is 377 g/mol. The number of carbonyl (C=O) groups excluding carboxylic acids is 2. The molecule has 9 nitrogen and oxygen atoms in total. The Bertz CT molecular complexity index is 852. The minimum Gasteiger partial charge on any atom is -0.468 e. The van der Waals surface area contributed by atoms with Crippen LogP contribution in [0.4, 0.5) is 4.79 Å². The number of alkyl carbamates (subject to hydrolysis) is 1. The summed E-state index contributed by atoms with van der Waals surface area (Å²) in [6.45, 7) is 4.96. The van der Waals surface area contributed by atoms with Crippen molar-refractivity contribution in [2.24, 2.45) is 0 Å². The molecule has 1 atom stereocenters. The highest BCUT2D eigenvalue weighted by atomic mass is 16.6. The van der Waals surface area contributed by atoms with Crippen LogP contribution in [0.5, 0.6) is 0 Å². The third-order valence-electron chi connectivity index (χ3n) is 3.81. The van der Waals surface area contributed by atoms with E-state index in [1.807, 2.05) is 0 Å². The molecule has 27 heavy (non-hydrogen) atoms. The summed E-state index contributed by atoms with van der Waals surface area (Å²) < 4.78 is 9.90. The smallest absolute Gasteiger partial charge is 0.407 e. The Balaban J connectivity index is 2.25. The Morgan fingerprint density at radius 1 is 1.33 bits per heavy atom. The first-order chi connectivity index (χ1) is 12.6. The number of fused-ring (bicyclic) bond motifs is 1. The van der Waals surface area contributed by atoms with Gasteiger partial charge in [-0.3, -0.25) is 14.9 Å². The number of amides is 1. The molecule has 0 saturated carbocycles. The first kappa shape index (κ1) is 20.2. The van der Waals surface area contributed by atoms with E-state index in [1.54, 1.807) is 45.2 Å². The van der Waals surface area contributed by atoms with E-state index >= 15 is 0 Å². The van der Waals surface area contributed by atoms with Crippen LogP contribution >= 0.6 is 0 Å². The molecule has 1 aromatic heterocycles. The largest absolute Gasteiger partial charge is 0.468 e. The maximum absolute atomic E-state index is 12.0. The number of H-pyrrole nitrogens is 1. The lowest BCUT2D eigenvalue weighted by Crippen LogP contribution is -2.32. The van der Waals surface area contributed by atoms with Gasteiger partial charge in [0.2, 0.25) is 6.54 Å². The molecule has 0 aliphatic heterocycles. The molecule has 2 N–H and O–H groups in total. The summed E-state index contributed by atoms with van der Waals surface area (Å²) in [7, 11) is 1.19. The summed E-state index contributed by atoms with van der Waals surface area (Å²) in [5.41, 5.74) is 1.37. The van der Waals surface area contributed by atoms with Crippen molar-refractivity contribution in [1.82, 2.24) is 10.3 Å². The Labute approximate surface area is 156 Å². The minimum atomic E-state index is -1.02. The van der Waals surface area contributed by atoms with Gasteiger partial charge in [-0.25, -0.2) is 4.79 Å². The van der Waals surface area contributed by atoms with Crippen LogP contribution in [-0.2, 0) is 20.8 Å². The molecule has 2 aromatic rings. The lowest BCUT2D eigenvalue weighted by molar-refractivity contribution is -0.481. The van der Waals surface area contributed by atoms with Crippen LogP contribution in [0.3, 0.4) is 0 Å². The zero-order valence-electron chi connectivity index (χ0n) is 15.7. The fourth-order valence-corrected chi connectivity index (χ4v) is 2.67. The lowest BCUT2D eigenvalue weighted by Gasteiger charge is -2.19. The molecule has 0 aliphatic rings. The predicted molar refractivity (Wildman–Crippen MR) is 98.0 cm³/mol. The van der Waals surface area contributed by atoms with Crippen molar-refractivity contribution in [2.75, 3.05) is 13.7 Å². The molecule has 0 bridgehead atoms. The molecule has 0 aliphatic carbocycles. The van der Waals surface area contributed by atoms with Crippen molar-refractivity contribution in [2.45, 2.75) is 38.8 Å². The van der Waals surface area contributed by atoms with Gasteiger partial charge in [0.05, 0.1) is 7.11 Å². The molecule has 0 saturated heterocycles. The number of aromatic nitrogens is 1. The molecule has 9 heteroatoms. The molecule has 1 heterocycles. The maximum Gasteiger partial charge on any atom is 0.407 e. The number of nitrogens with zero attached hydrogens (tertiary/aromatic N) is 1. The van der Waals surface area contributed by atoms with Gasteiger partial charge >= 0.3 is 12.1 Å². The predicted octanol–water partition coefficient (Wildman–Crippen LogP) is 2.73. The molecule has 1 amide bonds. The zero-order valence-corrected chi connectivity index (χ0v) is 15.7. The highest BCUT2D eigenvalue weighted by molar-refractivity contribution is 5.90. The summed E-state index contributed by atoms with van der Waals surface area (Å²) in [4.78, 5) is 37.2. The molecule has 0 fully saturated rings. The van der Waals surface area contributed by atoms with Gasteiger partial charge in [0.15, 0.2) is 0 Å². The van der Waals surface area contributed by atoms with E-state index < -0.39 is 35.0 Å². The minimum absolute atomic E-state index is 0.216. The molecule has 0 unspecified atom stereocenters. The van der Waals surface area contributed by atoms with E-state index in [2.05, 4.69) is 10.3 Å². The number of methoxy groups -OCH3 is 1. The molecule has 2 rings (SSSR count). The standard InChI is InChI=1S/C18H23N3O6/c1-18(2,3)27-17(23)20-8-11-5-6-15-12(7-11)13(9-19-15)14(10-21(24)25)16(22)26-4/h5-7,9,14,19H,8,10H2,1-4H3,(H,20,23)/t14-/m1/s1. The Morgan fingerprint density at radius 3 is 2.63 bits per heavy atom. The molecule has 1 aromatic carbocycles. The van der Waals surface area contributed by atoms with Crippen molar-refractivity contribution in [3.05, 3.63) is 45.6 Å². The van der Waals surface area contributed by atoms with Gasteiger partial charge in [-0.1, -0.05) is 6.07 Å². The van der Waals surface area contributed by atoms with Gasteiger partial charge < -0.3 is 19.8 Å². The molecular weight excluding hydrogens is 354 g/mol. The van der Waals surface area contributed by atoms with Crippen molar-refractivity contribution in [3.63, 3.8) is 0 Å². The maximum atomic E-state index is 12.0. The topological polar surface area (TPSA) is 124 Å². The number of nitrogens with one attached hydrogen (secondary N) is 2. The molecule has 0 spiro atoms. The second-order valence-corrected chi connectivity index (χ2v) is 7.07. The second kappa shape index (κ2) is 8.07. The monoisotopic (exact) mass is 377 g/mol. The summed E-state index contributed by atoms with van der Waals surface area (Å²) >= 11 is 0. The summed E-state index contributed by atoms with van der Waals surface area (Å²) in [5.74, 6) is -1.70. The van der Waals surface area contributed by atoms with E-state index in [0.29, 0.717) is 10.9 Å². The van der Waals surface area contributed by atoms with Crippen LogP contribution in [0.15, 0.2) is 24.4 Å². The average Bonchev–Trinajstić information content (AvgIpc) is 2.98. The zero-order chi connectivity index (χ0) is 20.2. The van der Waals surface area contributed by atoms with Crippen LogP contribution in [-0.4, -0.2) is 41.2 Å². The molecule has 0 radical (unpaired) electrons. The van der Waals surface area contributed by atoms with Crippen molar-refractivity contribution >= 4 is 23.0 Å². The Hall–Kier alpha value is -3.10. The first-order valence-corrected chi connectivity index (χ1v) is 8.37. The third kappa shape index (κ3) is 5.44. The van der Waals surface area contributed by atoms with Crippen LogP contribution in [0, 0.1) is 10.1 Å². The fraction of sp³-hybridized carbons (Fsp3) is 0.444. The van der Waals surface area contributed by atoms with E-state index in [1.165, 1.54) is 7.11 Å². The normalized spacial score (nSPS) is 12.4. The number of aromatic amines is 1. The number of carbonyl (C=O) groups is 2. The Morgan fingerprint density at radius 2 is 2.04 bits per heavy atom. The van der Waals surface area contributed by atoms with Crippen molar-refractivity contribution in [3.8, 4) is 0 Å². The lowest BCUT2D eigenvalue weighted by atomic mass is 9.97. The van der Waals surface area contributed by atoms with Gasteiger partial charge in [0.25, 0.3) is 0 Å². The van der Waals surface area contributed by atoms with E-state index in [0.717, 1.165) is 11.1 Å². The van der Waals surface area contributed by atoms with Gasteiger partial charge in [0, 0.05) is 28.6 Å². The summed E-state index contributed by atoms with van der Waals surface area (Å²) in [6, 6.07) is 5.36. The number of rotatable bonds is 6. The van der Waals surface area contributed by atoms with Crippen molar-refractivity contribution < 1.29 is 24.0 Å². The molecule has 146 valence electrons. The van der Waals surface area contributed by atoms with Gasteiger partial charge in [-0.15, -0.1) is 0 Å². The second-order valence-electron chi connectivity index (χ2n) is 7.07. The number of hydrogen-bond acceptors (Lipinski definition) is 6. The van der Waals surface area contributed by atoms with Crippen LogP contribution in [0.2, 0.25) is 0 Å². The summed E-state index contributed by atoms with van der Waals surface area (Å²) in [6.07, 6.45) is 1.03. The van der Waals surface area contributed by atoms with Crippen LogP contribution in [0.25, 0.3) is 10.9 Å². The van der Waals surface area contributed by atoms with Crippen molar-refractivity contribution in [1.29, 1.82) is 0 Å². The number of benzene rings is 1. The first-order valence-electron chi connectivity index (χ1n) is 8.37. The SMILES string of the molecule is COC(=O)[C@H](C[N+](=O)[O-])c1c[nH]c2ccc(CNC(=O)OC(C)(C)C)cc12. The van der Waals surface area contributed by atoms with Gasteiger partial charge in [0.1, 0.15) is 11.5 Å². The van der Waals surface area contributed by atoms with E-state index in [-0.39, 0.29) is 6.54 Å². The van der Waals surface area contributed by atoms with Crippen LogP contribution in [0.1, 0.15) is 37.8 Å². The van der Waals surface area contributed by atoms with Gasteiger partial charge in [-0.05, 0) is 44.0 Å². The highest BCUT2D eigenvalue weighted by Crippen LogP contribution is 2.28. The quantitative estimate of drug-likeness (QED) is 0.453. The fourth-order valence-electron chi connectivity index (χ4n) is 2.67. The highest BCUT2D eigenvalue weighted by Gasteiger charge is 2.29. The van der Waals surface area contributed by atoms with Gasteiger partial charge in [-0.2, -0.15) is 0 Å². The number of nitro groups is 1. The summed E-state index contributed by atoms with van der Waals surface area (Å²) in [5, 5.41) is 14.3. The van der Waals surface area contributed by atoms with E-state index in [9.17, 15) is 19.7 Å². The third-order valence-corrected chi connectivity index (χ3v) is 3.81. The van der Waals surface area contributed by atoms with E-state index in [4.69, 9.17) is 9.47 Å². The number of hydrogen-bond donors (Lipinski definition) is 2.